The van der Waals surface area contributed by atoms with E-state index in [-0.39, 0.29) is 39.6 Å². The SMILES string of the molecule is COC(=O)C1CON(Cc2ccccc2)[C@@]12CC1CC[C@@H](C2)[C@H]1S(=O)(=O)c1cc(C(=O)Nc2cc(F)c(F)c(F)c2)ccc1Cl. The lowest BCUT2D eigenvalue weighted by atomic mass is 9.68. The summed E-state index contributed by atoms with van der Waals surface area (Å²) in [5.41, 5.74) is -0.249. The number of hydrogen-bond donors (Lipinski definition) is 1. The highest BCUT2D eigenvalue weighted by molar-refractivity contribution is 7.92. The topological polar surface area (TPSA) is 102 Å². The van der Waals surface area contributed by atoms with Crippen LogP contribution in [0.2, 0.25) is 5.02 Å². The molecule has 6 rings (SSSR count). The minimum Gasteiger partial charge on any atom is -0.469 e. The number of carbonyl (C=O) groups excluding carboxylic acids is 2. The molecule has 2 saturated carbocycles. The number of anilines is 1. The van der Waals surface area contributed by atoms with Gasteiger partial charge in [-0.05, 0) is 61.3 Å². The Morgan fingerprint density at radius 1 is 1.02 bits per heavy atom. The second-order valence-electron chi connectivity index (χ2n) is 11.9. The van der Waals surface area contributed by atoms with E-state index < -0.39 is 55.9 Å². The van der Waals surface area contributed by atoms with Crippen molar-refractivity contribution in [2.45, 2.75) is 47.9 Å². The largest absolute Gasteiger partial charge is 0.469 e. The van der Waals surface area contributed by atoms with Gasteiger partial charge in [0.15, 0.2) is 27.3 Å². The van der Waals surface area contributed by atoms with Crippen LogP contribution < -0.4 is 5.32 Å². The molecule has 13 heteroatoms. The molecule has 2 aliphatic carbocycles. The molecule has 2 unspecified atom stereocenters. The molecule has 3 aromatic rings. The van der Waals surface area contributed by atoms with Crippen LogP contribution in [0.25, 0.3) is 0 Å². The van der Waals surface area contributed by atoms with Crippen molar-refractivity contribution >= 4 is 39.0 Å². The number of hydroxylamine groups is 2. The molecule has 1 N–H and O–H groups in total. The fraction of sp³-hybridized carbons (Fsp3) is 0.375. The fourth-order valence-electron chi connectivity index (χ4n) is 7.41. The van der Waals surface area contributed by atoms with E-state index in [1.165, 1.54) is 19.2 Å². The van der Waals surface area contributed by atoms with Crippen LogP contribution in [-0.4, -0.2) is 49.9 Å². The standard InChI is InChI=1S/C32H30ClF3N2O6S/c1-43-31(40)23-17-44-38(16-18-5-3-2-4-6-18)32(23)14-20-7-8-21(15-32)29(20)45(41,42)27-11-19(9-10-24(27)33)30(39)37-22-12-25(34)28(36)26(35)13-22/h2-6,9-13,20-21,23,29H,7-8,14-17H2,1H3,(H,37,39)/t20-,21?,23?,29+,32-/m0/s1. The van der Waals surface area contributed by atoms with Crippen molar-refractivity contribution in [3.8, 4) is 0 Å². The molecule has 1 spiro atoms. The highest BCUT2D eigenvalue weighted by Crippen LogP contribution is 2.57. The first-order valence-electron chi connectivity index (χ1n) is 14.5. The molecule has 238 valence electrons. The molecule has 0 aromatic heterocycles. The summed E-state index contributed by atoms with van der Waals surface area (Å²) in [6, 6.07) is 14.6. The summed E-state index contributed by atoms with van der Waals surface area (Å²) in [4.78, 5) is 31.8. The van der Waals surface area contributed by atoms with Crippen LogP contribution in [0.15, 0.2) is 65.6 Å². The van der Waals surface area contributed by atoms with Gasteiger partial charge in [-0.15, -0.1) is 0 Å². The van der Waals surface area contributed by atoms with E-state index in [1.54, 1.807) is 0 Å². The van der Waals surface area contributed by atoms with Crippen LogP contribution in [0, 0.1) is 35.2 Å². The number of methoxy groups -OCH3 is 1. The zero-order chi connectivity index (χ0) is 32.1. The van der Waals surface area contributed by atoms with Gasteiger partial charge < -0.3 is 10.1 Å². The third-order valence-electron chi connectivity index (χ3n) is 9.37. The number of ether oxygens (including phenoxy) is 1. The fourth-order valence-corrected chi connectivity index (χ4v) is 10.3. The van der Waals surface area contributed by atoms with Crippen molar-refractivity contribution < 1.29 is 40.8 Å². The molecule has 3 aliphatic rings. The molecular weight excluding hydrogens is 633 g/mol. The molecule has 45 heavy (non-hydrogen) atoms. The molecule has 1 saturated heterocycles. The predicted molar refractivity (Wildman–Crippen MR) is 158 cm³/mol. The number of nitrogens with zero attached hydrogens (tertiary/aromatic N) is 1. The zero-order valence-electron chi connectivity index (χ0n) is 24.1. The number of rotatable bonds is 7. The lowest BCUT2D eigenvalue weighted by Gasteiger charge is -2.47. The van der Waals surface area contributed by atoms with E-state index in [4.69, 9.17) is 21.2 Å². The summed E-state index contributed by atoms with van der Waals surface area (Å²) >= 11 is 6.42. The second kappa shape index (κ2) is 12.1. The summed E-state index contributed by atoms with van der Waals surface area (Å²) in [6.45, 7) is 0.539. The molecule has 8 nitrogen and oxygen atoms in total. The Morgan fingerprint density at radius 2 is 1.67 bits per heavy atom. The maximum absolute atomic E-state index is 14.3. The van der Waals surface area contributed by atoms with E-state index in [1.807, 2.05) is 35.4 Å². The highest BCUT2D eigenvalue weighted by atomic mass is 35.5. The average molecular weight is 663 g/mol. The summed E-state index contributed by atoms with van der Waals surface area (Å²) < 4.78 is 74.4. The number of nitrogens with one attached hydrogen (secondary N) is 1. The molecule has 1 heterocycles. The van der Waals surface area contributed by atoms with Crippen molar-refractivity contribution in [2.24, 2.45) is 17.8 Å². The van der Waals surface area contributed by atoms with E-state index in [9.17, 15) is 31.2 Å². The van der Waals surface area contributed by atoms with Crippen molar-refractivity contribution in [2.75, 3.05) is 19.0 Å². The van der Waals surface area contributed by atoms with Gasteiger partial charge in [-0.1, -0.05) is 41.9 Å². The maximum atomic E-state index is 14.3. The molecule has 1 amide bonds. The van der Waals surface area contributed by atoms with Gasteiger partial charge >= 0.3 is 5.97 Å². The molecule has 0 radical (unpaired) electrons. The third-order valence-corrected chi connectivity index (χ3v) is 12.2. The van der Waals surface area contributed by atoms with Crippen LogP contribution in [0.3, 0.4) is 0 Å². The van der Waals surface area contributed by atoms with Crippen LogP contribution in [-0.2, 0) is 30.8 Å². The van der Waals surface area contributed by atoms with E-state index in [2.05, 4.69) is 5.32 Å². The predicted octanol–water partition coefficient (Wildman–Crippen LogP) is 5.95. The van der Waals surface area contributed by atoms with Crippen molar-refractivity contribution in [3.05, 3.63) is 94.3 Å². The van der Waals surface area contributed by atoms with E-state index >= 15 is 0 Å². The highest BCUT2D eigenvalue weighted by Gasteiger charge is 2.63. The lowest BCUT2D eigenvalue weighted by Crippen LogP contribution is -2.57. The lowest BCUT2D eigenvalue weighted by molar-refractivity contribution is -0.187. The molecular formula is C32H30ClF3N2O6S. The number of benzene rings is 3. The normalized spacial score (nSPS) is 26.2. The van der Waals surface area contributed by atoms with Gasteiger partial charge in [0.25, 0.3) is 5.91 Å². The Morgan fingerprint density at radius 3 is 2.29 bits per heavy atom. The number of carbonyl (C=O) groups is 2. The zero-order valence-corrected chi connectivity index (χ0v) is 25.7. The van der Waals surface area contributed by atoms with Crippen molar-refractivity contribution in [3.63, 3.8) is 0 Å². The number of halogens is 4. The van der Waals surface area contributed by atoms with Crippen molar-refractivity contribution in [1.29, 1.82) is 0 Å². The molecule has 3 aromatic carbocycles. The van der Waals surface area contributed by atoms with Crippen LogP contribution in [0.4, 0.5) is 18.9 Å². The number of esters is 1. The van der Waals surface area contributed by atoms with Gasteiger partial charge in [0.1, 0.15) is 5.92 Å². The Hall–Kier alpha value is -3.45. The average Bonchev–Trinajstić information content (AvgIpc) is 3.49. The summed E-state index contributed by atoms with van der Waals surface area (Å²) in [7, 11) is -2.77. The quantitative estimate of drug-likeness (QED) is 0.247. The molecule has 3 fully saturated rings. The monoisotopic (exact) mass is 662 g/mol. The minimum atomic E-state index is -4.10. The first-order valence-corrected chi connectivity index (χ1v) is 16.4. The van der Waals surface area contributed by atoms with Crippen LogP contribution >= 0.6 is 11.6 Å². The van der Waals surface area contributed by atoms with Crippen LogP contribution in [0.5, 0.6) is 0 Å². The number of sulfone groups is 1. The number of hydrogen-bond acceptors (Lipinski definition) is 7. The van der Waals surface area contributed by atoms with Gasteiger partial charge in [-0.3, -0.25) is 14.4 Å². The third kappa shape index (κ3) is 5.62. The second-order valence-corrected chi connectivity index (χ2v) is 14.3. The van der Waals surface area contributed by atoms with Gasteiger partial charge in [-0.25, -0.2) is 21.6 Å². The molecule has 1 aliphatic heterocycles. The Kier molecular flexibility index (Phi) is 8.44. The summed E-state index contributed by atoms with van der Waals surface area (Å²) in [5, 5.41) is 3.20. The maximum Gasteiger partial charge on any atom is 0.313 e. The van der Waals surface area contributed by atoms with Gasteiger partial charge in [-0.2, -0.15) is 5.06 Å². The van der Waals surface area contributed by atoms with Crippen LogP contribution in [0.1, 0.15) is 41.6 Å². The van der Waals surface area contributed by atoms with Gasteiger partial charge in [0, 0.05) is 29.9 Å². The van der Waals surface area contributed by atoms with Gasteiger partial charge in [0.05, 0.1) is 34.4 Å². The van der Waals surface area contributed by atoms with Gasteiger partial charge in [0.2, 0.25) is 0 Å². The van der Waals surface area contributed by atoms with E-state index in [0.717, 1.165) is 11.6 Å². The molecule has 5 atom stereocenters. The summed E-state index contributed by atoms with van der Waals surface area (Å²) in [5.74, 6) is -7.19. The first-order chi connectivity index (χ1) is 21.4. The Balaban J connectivity index is 1.29. The smallest absolute Gasteiger partial charge is 0.313 e. The number of fused-ring (bicyclic) bond motifs is 2. The Labute approximate surface area is 263 Å². The Bertz CT molecular complexity index is 1720. The summed E-state index contributed by atoms with van der Waals surface area (Å²) in [6.07, 6.45) is 1.98. The van der Waals surface area contributed by atoms with Crippen molar-refractivity contribution in [1.82, 2.24) is 5.06 Å². The van der Waals surface area contributed by atoms with E-state index in [0.29, 0.717) is 44.4 Å². The molecule has 2 bridgehead atoms. The number of amides is 1. The first kappa shape index (κ1) is 31.5. The minimum absolute atomic E-state index is 0.0764.